The van der Waals surface area contributed by atoms with Crippen molar-refractivity contribution in [3.8, 4) is 11.4 Å². The highest BCUT2D eigenvalue weighted by Crippen LogP contribution is 2.24. The van der Waals surface area contributed by atoms with Crippen LogP contribution in [0.25, 0.3) is 17.0 Å². The van der Waals surface area contributed by atoms with Gasteiger partial charge in [0, 0.05) is 19.0 Å². The fraction of sp³-hybridized carbons (Fsp3) is 0.294. The predicted octanol–water partition coefficient (Wildman–Crippen LogP) is 1.63. The molecule has 1 aliphatic heterocycles. The Bertz CT molecular complexity index is 932. The Kier molecular flexibility index (Phi) is 3.79. The minimum atomic E-state index is -0.369. The Morgan fingerprint density at radius 3 is 2.60 bits per heavy atom. The largest absolute Gasteiger partial charge is 0.369 e. The lowest BCUT2D eigenvalue weighted by molar-refractivity contribution is -0.122. The van der Waals surface area contributed by atoms with Crippen LogP contribution < -0.4 is 10.6 Å². The zero-order valence-electron chi connectivity index (χ0n) is 13.5. The fourth-order valence-electron chi connectivity index (χ4n) is 3.15. The summed E-state index contributed by atoms with van der Waals surface area (Å²) >= 11 is 0. The number of benzene rings is 1. The summed E-state index contributed by atoms with van der Waals surface area (Å²) in [6.07, 6.45) is 1.41. The molecule has 0 unspecified atom stereocenters. The van der Waals surface area contributed by atoms with E-state index in [1.807, 2.05) is 6.07 Å². The van der Waals surface area contributed by atoms with E-state index in [0.717, 1.165) is 5.82 Å². The minimum absolute atomic E-state index is 0.0798. The van der Waals surface area contributed by atoms with Gasteiger partial charge in [-0.1, -0.05) is 12.1 Å². The molecule has 1 saturated heterocycles. The van der Waals surface area contributed by atoms with Crippen molar-refractivity contribution in [3.05, 3.63) is 42.2 Å². The molecule has 25 heavy (non-hydrogen) atoms. The molecule has 2 N–H and O–H groups in total. The van der Waals surface area contributed by atoms with Gasteiger partial charge in [-0.3, -0.25) is 4.79 Å². The summed E-state index contributed by atoms with van der Waals surface area (Å²) in [5, 5.41) is 12.7. The highest BCUT2D eigenvalue weighted by molar-refractivity contribution is 5.77. The Morgan fingerprint density at radius 2 is 1.88 bits per heavy atom. The molecule has 0 bridgehead atoms. The first-order valence-corrected chi connectivity index (χ1v) is 8.15. The molecule has 1 amide bonds. The molecule has 1 aromatic carbocycles. The average molecular weight is 340 g/mol. The topological polar surface area (TPSA) is 89.4 Å². The molecule has 1 fully saturated rings. The number of carbonyl (C=O) groups excluding carboxylic acids is 1. The number of nitrogens with zero attached hydrogens (tertiary/aromatic N) is 5. The van der Waals surface area contributed by atoms with Crippen LogP contribution in [-0.2, 0) is 4.79 Å². The maximum Gasteiger partial charge on any atom is 0.220 e. The Morgan fingerprint density at radius 1 is 1.12 bits per heavy atom. The number of rotatable bonds is 3. The third kappa shape index (κ3) is 2.79. The third-order valence-corrected chi connectivity index (χ3v) is 4.58. The smallest absolute Gasteiger partial charge is 0.220 e. The van der Waals surface area contributed by atoms with Crippen LogP contribution in [0.1, 0.15) is 12.8 Å². The number of primary amides is 1. The van der Waals surface area contributed by atoms with Gasteiger partial charge in [0.15, 0.2) is 11.5 Å². The number of hydrogen-bond acceptors (Lipinski definition) is 5. The zero-order valence-corrected chi connectivity index (χ0v) is 13.5. The lowest BCUT2D eigenvalue weighted by Crippen LogP contribution is -2.39. The standard InChI is InChI=1S/C17H17FN6O/c18-13-4-2-1-3-12(13)17-21-20-14-5-6-15(22-24(14)17)23-9-7-11(8-10-23)16(19)25/h1-6,11H,7-10H2,(H2,19,25). The van der Waals surface area contributed by atoms with Crippen LogP contribution in [-0.4, -0.2) is 38.8 Å². The van der Waals surface area contributed by atoms with Crippen LogP contribution in [0.5, 0.6) is 0 Å². The van der Waals surface area contributed by atoms with Crippen LogP contribution >= 0.6 is 0 Å². The number of anilines is 1. The number of nitrogens with two attached hydrogens (primary N) is 1. The van der Waals surface area contributed by atoms with E-state index in [9.17, 15) is 9.18 Å². The van der Waals surface area contributed by atoms with Gasteiger partial charge in [0.25, 0.3) is 0 Å². The van der Waals surface area contributed by atoms with Gasteiger partial charge >= 0.3 is 0 Å². The number of piperidine rings is 1. The van der Waals surface area contributed by atoms with E-state index in [-0.39, 0.29) is 17.6 Å². The first kappa shape index (κ1) is 15.5. The molecule has 3 heterocycles. The van der Waals surface area contributed by atoms with E-state index >= 15 is 0 Å². The summed E-state index contributed by atoms with van der Waals surface area (Å²) in [6.45, 7) is 1.40. The highest BCUT2D eigenvalue weighted by atomic mass is 19.1. The molecule has 128 valence electrons. The Hall–Kier alpha value is -3.03. The van der Waals surface area contributed by atoms with E-state index in [4.69, 9.17) is 5.73 Å². The fourth-order valence-corrected chi connectivity index (χ4v) is 3.15. The molecule has 2 aromatic heterocycles. The SMILES string of the molecule is NC(=O)C1CCN(c2ccc3nnc(-c4ccccc4F)n3n2)CC1. The predicted molar refractivity (Wildman–Crippen MR) is 90.3 cm³/mol. The van der Waals surface area contributed by atoms with Gasteiger partial charge in [-0.05, 0) is 37.1 Å². The molecule has 7 nitrogen and oxygen atoms in total. The molecule has 0 saturated carbocycles. The van der Waals surface area contributed by atoms with E-state index < -0.39 is 0 Å². The molecule has 0 radical (unpaired) electrons. The van der Waals surface area contributed by atoms with Crippen molar-refractivity contribution in [1.82, 2.24) is 19.8 Å². The maximum atomic E-state index is 14.1. The zero-order chi connectivity index (χ0) is 17.4. The highest BCUT2D eigenvalue weighted by Gasteiger charge is 2.24. The van der Waals surface area contributed by atoms with Crippen LogP contribution in [0, 0.1) is 11.7 Å². The van der Waals surface area contributed by atoms with Crippen molar-refractivity contribution >= 4 is 17.4 Å². The van der Waals surface area contributed by atoms with Gasteiger partial charge in [-0.25, -0.2) is 4.39 Å². The van der Waals surface area contributed by atoms with Crippen molar-refractivity contribution in [2.24, 2.45) is 11.7 Å². The second-order valence-corrected chi connectivity index (χ2v) is 6.13. The Balaban J connectivity index is 1.68. The van der Waals surface area contributed by atoms with Crippen LogP contribution in [0.15, 0.2) is 36.4 Å². The molecular formula is C17H17FN6O. The van der Waals surface area contributed by atoms with Gasteiger partial charge in [-0.15, -0.1) is 15.3 Å². The van der Waals surface area contributed by atoms with Gasteiger partial charge in [0.2, 0.25) is 5.91 Å². The maximum absolute atomic E-state index is 14.1. The number of carbonyl (C=O) groups is 1. The molecule has 0 spiro atoms. The van der Waals surface area contributed by atoms with Gasteiger partial charge < -0.3 is 10.6 Å². The second-order valence-electron chi connectivity index (χ2n) is 6.13. The quantitative estimate of drug-likeness (QED) is 0.783. The Labute approximate surface area is 143 Å². The van der Waals surface area contributed by atoms with E-state index in [1.54, 1.807) is 28.8 Å². The summed E-state index contributed by atoms with van der Waals surface area (Å²) in [4.78, 5) is 13.4. The third-order valence-electron chi connectivity index (χ3n) is 4.58. The summed E-state index contributed by atoms with van der Waals surface area (Å²) in [5.41, 5.74) is 6.28. The summed E-state index contributed by atoms with van der Waals surface area (Å²) in [6, 6.07) is 10.1. The molecular weight excluding hydrogens is 323 g/mol. The molecule has 8 heteroatoms. The van der Waals surface area contributed by atoms with Crippen molar-refractivity contribution < 1.29 is 9.18 Å². The minimum Gasteiger partial charge on any atom is -0.369 e. The van der Waals surface area contributed by atoms with Crippen molar-refractivity contribution in [2.45, 2.75) is 12.8 Å². The molecule has 0 aliphatic carbocycles. The number of fused-ring (bicyclic) bond motifs is 1. The number of halogens is 1. The molecule has 3 aromatic rings. The monoisotopic (exact) mass is 340 g/mol. The first-order chi connectivity index (χ1) is 12.1. The number of aromatic nitrogens is 4. The van der Waals surface area contributed by atoms with Crippen molar-refractivity contribution in [3.63, 3.8) is 0 Å². The van der Waals surface area contributed by atoms with Crippen LogP contribution in [0.4, 0.5) is 10.2 Å². The number of hydrogen-bond donors (Lipinski definition) is 1. The average Bonchev–Trinajstić information content (AvgIpc) is 3.05. The van der Waals surface area contributed by atoms with E-state index in [2.05, 4.69) is 20.2 Å². The van der Waals surface area contributed by atoms with Crippen molar-refractivity contribution in [1.29, 1.82) is 0 Å². The summed E-state index contributed by atoms with van der Waals surface area (Å²) in [7, 11) is 0. The lowest BCUT2D eigenvalue weighted by Gasteiger charge is -2.31. The second kappa shape index (κ2) is 6.12. The van der Waals surface area contributed by atoms with Gasteiger partial charge in [0.1, 0.15) is 11.6 Å². The van der Waals surface area contributed by atoms with Crippen molar-refractivity contribution in [2.75, 3.05) is 18.0 Å². The molecule has 4 rings (SSSR count). The van der Waals surface area contributed by atoms with E-state index in [0.29, 0.717) is 43.0 Å². The normalized spacial score (nSPS) is 15.6. The lowest BCUT2D eigenvalue weighted by atomic mass is 9.96. The first-order valence-electron chi connectivity index (χ1n) is 8.15. The number of amides is 1. The van der Waals surface area contributed by atoms with Crippen LogP contribution in [0.3, 0.4) is 0 Å². The van der Waals surface area contributed by atoms with E-state index in [1.165, 1.54) is 6.07 Å². The van der Waals surface area contributed by atoms with Gasteiger partial charge in [0.05, 0.1) is 5.56 Å². The molecule has 1 aliphatic rings. The molecule has 0 atom stereocenters. The van der Waals surface area contributed by atoms with Crippen LogP contribution in [0.2, 0.25) is 0 Å². The summed E-state index contributed by atoms with van der Waals surface area (Å²) < 4.78 is 15.6. The summed E-state index contributed by atoms with van der Waals surface area (Å²) in [5.74, 6) is 0.411. The van der Waals surface area contributed by atoms with Gasteiger partial charge in [-0.2, -0.15) is 4.52 Å².